The van der Waals surface area contributed by atoms with Crippen LogP contribution in [0.3, 0.4) is 0 Å². The molecule has 2 aromatic carbocycles. The van der Waals surface area contributed by atoms with Gasteiger partial charge in [-0.05, 0) is 67.3 Å². The molecule has 32 heavy (non-hydrogen) atoms. The highest BCUT2D eigenvalue weighted by molar-refractivity contribution is 7.89. The van der Waals surface area contributed by atoms with Crippen molar-refractivity contribution in [1.82, 2.24) is 4.31 Å². The molecule has 1 N–H and O–H groups in total. The largest absolute Gasteiger partial charge is 0.324 e. The summed E-state index contributed by atoms with van der Waals surface area (Å²) in [7, 11) is -3.62. The fourth-order valence-corrected chi connectivity index (χ4v) is 5.99. The Morgan fingerprint density at radius 1 is 1.06 bits per heavy atom. The number of benzene rings is 2. The molecule has 1 saturated heterocycles. The van der Waals surface area contributed by atoms with Crippen molar-refractivity contribution in [3.63, 3.8) is 0 Å². The van der Waals surface area contributed by atoms with Crippen LogP contribution in [0.1, 0.15) is 37.3 Å². The summed E-state index contributed by atoms with van der Waals surface area (Å²) in [4.78, 5) is 27.0. The van der Waals surface area contributed by atoms with E-state index in [-0.39, 0.29) is 17.2 Å². The van der Waals surface area contributed by atoms with Crippen molar-refractivity contribution in [1.29, 1.82) is 0 Å². The summed E-state index contributed by atoms with van der Waals surface area (Å²) in [5.74, 6) is -1.13. The van der Waals surface area contributed by atoms with Gasteiger partial charge in [0.25, 0.3) is 0 Å². The first kappa shape index (κ1) is 22.4. The molecule has 0 radical (unpaired) electrons. The number of halogens is 1. The van der Waals surface area contributed by atoms with Gasteiger partial charge in [-0.3, -0.25) is 14.5 Å². The van der Waals surface area contributed by atoms with Crippen LogP contribution in [0.2, 0.25) is 0 Å². The molecule has 4 rings (SSSR count). The van der Waals surface area contributed by atoms with Gasteiger partial charge in [-0.25, -0.2) is 12.8 Å². The van der Waals surface area contributed by atoms with Crippen molar-refractivity contribution in [2.24, 2.45) is 0 Å². The zero-order valence-electron chi connectivity index (χ0n) is 18.1. The first-order valence-corrected chi connectivity index (χ1v) is 12.1. The van der Waals surface area contributed by atoms with Crippen LogP contribution in [0, 0.1) is 12.7 Å². The molecular weight excluding hydrogens is 433 g/mol. The van der Waals surface area contributed by atoms with Crippen LogP contribution in [-0.4, -0.2) is 43.7 Å². The molecule has 170 valence electrons. The van der Waals surface area contributed by atoms with Crippen LogP contribution in [0.15, 0.2) is 41.3 Å². The van der Waals surface area contributed by atoms with Crippen molar-refractivity contribution in [2.75, 3.05) is 23.3 Å². The van der Waals surface area contributed by atoms with Gasteiger partial charge in [0.15, 0.2) is 0 Å². The van der Waals surface area contributed by atoms with E-state index >= 15 is 0 Å². The Balaban J connectivity index is 1.61. The van der Waals surface area contributed by atoms with E-state index in [0.29, 0.717) is 35.6 Å². The van der Waals surface area contributed by atoms with E-state index in [1.165, 1.54) is 40.4 Å². The number of rotatable bonds is 4. The summed E-state index contributed by atoms with van der Waals surface area (Å²) in [6.07, 6.45) is 2.90. The van der Waals surface area contributed by atoms with Crippen molar-refractivity contribution >= 4 is 33.2 Å². The molecule has 2 amide bonds. The highest BCUT2D eigenvalue weighted by atomic mass is 32.2. The molecule has 0 saturated carbocycles. The quantitative estimate of drug-likeness (QED) is 0.761. The zero-order valence-corrected chi connectivity index (χ0v) is 18.9. The third-order valence-corrected chi connectivity index (χ3v) is 7.97. The minimum absolute atomic E-state index is 0.178. The number of fused-ring (bicyclic) bond motifs is 1. The number of sulfonamides is 1. The predicted molar refractivity (Wildman–Crippen MR) is 119 cm³/mol. The SMILES string of the molecule is CC(=O)N1c2ccc(S(=O)(=O)N3CCCCC3)cc2C[C@@H]1C(=O)Nc1ccc(F)cc1C. The van der Waals surface area contributed by atoms with Gasteiger partial charge in [-0.1, -0.05) is 6.42 Å². The Labute approximate surface area is 187 Å². The van der Waals surface area contributed by atoms with Gasteiger partial charge >= 0.3 is 0 Å². The number of hydrogen-bond donors (Lipinski definition) is 1. The summed E-state index contributed by atoms with van der Waals surface area (Å²) in [6, 6.07) is 7.91. The minimum atomic E-state index is -3.62. The van der Waals surface area contributed by atoms with Gasteiger partial charge in [0.05, 0.1) is 4.90 Å². The van der Waals surface area contributed by atoms with Gasteiger partial charge in [0.2, 0.25) is 21.8 Å². The maximum atomic E-state index is 13.4. The average Bonchev–Trinajstić information content (AvgIpc) is 3.15. The lowest BCUT2D eigenvalue weighted by Gasteiger charge is -2.26. The van der Waals surface area contributed by atoms with Gasteiger partial charge in [-0.15, -0.1) is 0 Å². The first-order chi connectivity index (χ1) is 15.2. The number of nitrogens with zero attached hydrogens (tertiary/aromatic N) is 2. The van der Waals surface area contributed by atoms with E-state index < -0.39 is 27.8 Å². The topological polar surface area (TPSA) is 86.8 Å². The number of nitrogens with one attached hydrogen (secondary N) is 1. The van der Waals surface area contributed by atoms with E-state index in [1.807, 2.05) is 0 Å². The van der Waals surface area contributed by atoms with Gasteiger partial charge in [-0.2, -0.15) is 4.31 Å². The number of amides is 2. The normalized spacial score (nSPS) is 19.0. The van der Waals surface area contributed by atoms with Crippen molar-refractivity contribution < 1.29 is 22.4 Å². The molecule has 2 aromatic rings. The predicted octanol–water partition coefficient (Wildman–Crippen LogP) is 3.23. The summed E-state index contributed by atoms with van der Waals surface area (Å²) >= 11 is 0. The summed E-state index contributed by atoms with van der Waals surface area (Å²) in [6.45, 7) is 4.06. The average molecular weight is 460 g/mol. The summed E-state index contributed by atoms with van der Waals surface area (Å²) < 4.78 is 41.0. The monoisotopic (exact) mass is 459 g/mol. The summed E-state index contributed by atoms with van der Waals surface area (Å²) in [5, 5.41) is 2.77. The van der Waals surface area contributed by atoms with Crippen LogP contribution >= 0.6 is 0 Å². The Hall–Kier alpha value is -2.78. The molecule has 0 aliphatic carbocycles. The molecule has 1 atom stereocenters. The number of hydrogen-bond acceptors (Lipinski definition) is 4. The van der Waals surface area contributed by atoms with Crippen LogP contribution in [0.25, 0.3) is 0 Å². The number of aryl methyl sites for hydroxylation is 1. The number of carbonyl (C=O) groups is 2. The molecule has 9 heteroatoms. The Morgan fingerprint density at radius 2 is 1.78 bits per heavy atom. The summed E-state index contributed by atoms with van der Waals surface area (Å²) in [5.41, 5.74) is 2.20. The lowest BCUT2D eigenvalue weighted by molar-refractivity contribution is -0.122. The third-order valence-electron chi connectivity index (χ3n) is 6.08. The van der Waals surface area contributed by atoms with E-state index in [1.54, 1.807) is 19.1 Å². The van der Waals surface area contributed by atoms with Crippen LogP contribution in [0.5, 0.6) is 0 Å². The highest BCUT2D eigenvalue weighted by Crippen LogP contribution is 2.35. The Bertz CT molecular complexity index is 1180. The lowest BCUT2D eigenvalue weighted by atomic mass is 10.1. The zero-order chi connectivity index (χ0) is 23.0. The molecule has 0 unspecified atom stereocenters. The third kappa shape index (κ3) is 4.14. The Morgan fingerprint density at radius 3 is 2.44 bits per heavy atom. The lowest BCUT2D eigenvalue weighted by Crippen LogP contribution is -2.44. The van der Waals surface area contributed by atoms with Crippen LogP contribution < -0.4 is 10.2 Å². The number of anilines is 2. The minimum Gasteiger partial charge on any atom is -0.324 e. The van der Waals surface area contributed by atoms with Crippen LogP contribution in [0.4, 0.5) is 15.8 Å². The fraction of sp³-hybridized carbons (Fsp3) is 0.391. The molecule has 0 aromatic heterocycles. The molecular formula is C23H26FN3O4S. The maximum absolute atomic E-state index is 13.4. The van der Waals surface area contributed by atoms with Gasteiger partial charge in [0.1, 0.15) is 11.9 Å². The van der Waals surface area contributed by atoms with E-state index in [9.17, 15) is 22.4 Å². The van der Waals surface area contributed by atoms with Crippen LogP contribution in [-0.2, 0) is 26.0 Å². The number of carbonyl (C=O) groups excluding carboxylic acids is 2. The molecule has 0 spiro atoms. The van der Waals surface area contributed by atoms with E-state index in [2.05, 4.69) is 5.32 Å². The second-order valence-electron chi connectivity index (χ2n) is 8.31. The van der Waals surface area contributed by atoms with Gasteiger partial charge in [0, 0.05) is 37.8 Å². The first-order valence-electron chi connectivity index (χ1n) is 10.7. The molecule has 0 bridgehead atoms. The van der Waals surface area contributed by atoms with E-state index in [0.717, 1.165) is 19.3 Å². The molecule has 2 aliphatic rings. The fourth-order valence-electron chi connectivity index (χ4n) is 4.43. The molecule has 2 heterocycles. The Kier molecular flexibility index (Phi) is 6.05. The van der Waals surface area contributed by atoms with Crippen molar-refractivity contribution in [2.45, 2.75) is 50.5 Å². The smallest absolute Gasteiger partial charge is 0.247 e. The second-order valence-corrected chi connectivity index (χ2v) is 10.3. The van der Waals surface area contributed by atoms with E-state index in [4.69, 9.17) is 0 Å². The van der Waals surface area contributed by atoms with Gasteiger partial charge < -0.3 is 5.32 Å². The molecule has 1 fully saturated rings. The standard InChI is InChI=1S/C23H26FN3O4S/c1-15-12-18(24)6-8-20(15)25-23(29)22-14-17-13-19(7-9-21(17)27(22)16(2)28)32(30,31)26-10-4-3-5-11-26/h6-9,12-13,22H,3-5,10-11,14H2,1-2H3,(H,25,29)/t22-/m1/s1. The number of piperidine rings is 1. The maximum Gasteiger partial charge on any atom is 0.247 e. The van der Waals surface area contributed by atoms with Crippen molar-refractivity contribution in [3.05, 3.63) is 53.3 Å². The molecule has 7 nitrogen and oxygen atoms in total. The molecule has 2 aliphatic heterocycles. The highest BCUT2D eigenvalue weighted by Gasteiger charge is 2.38. The second kappa shape index (κ2) is 8.63. The van der Waals surface area contributed by atoms with Crippen molar-refractivity contribution in [3.8, 4) is 0 Å².